The van der Waals surface area contributed by atoms with Crippen molar-refractivity contribution in [1.29, 1.82) is 0 Å². The molecule has 2 aromatic rings. The van der Waals surface area contributed by atoms with Gasteiger partial charge in [-0.3, -0.25) is 4.79 Å². The summed E-state index contributed by atoms with van der Waals surface area (Å²) in [5.74, 6) is 0.374. The molecule has 1 heterocycles. The minimum absolute atomic E-state index is 0.180. The lowest BCUT2D eigenvalue weighted by Crippen LogP contribution is -2.09. The largest absolute Gasteiger partial charge is 0.495 e. The quantitative estimate of drug-likeness (QED) is 0.826. The molecule has 0 saturated carbocycles. The van der Waals surface area contributed by atoms with Crippen molar-refractivity contribution in [1.82, 2.24) is 4.98 Å². The van der Waals surface area contributed by atoms with Crippen molar-refractivity contribution in [2.24, 2.45) is 0 Å². The van der Waals surface area contributed by atoms with E-state index in [-0.39, 0.29) is 12.4 Å². The van der Waals surface area contributed by atoms with Crippen molar-refractivity contribution < 1.29 is 14.3 Å². The summed E-state index contributed by atoms with van der Waals surface area (Å²) in [6.45, 7) is 0.554. The Kier molecular flexibility index (Phi) is 5.41. The lowest BCUT2D eigenvalue weighted by Gasteiger charge is -2.14. The molecule has 0 atom stereocenters. The van der Waals surface area contributed by atoms with Gasteiger partial charge in [-0.05, 0) is 11.6 Å². The van der Waals surface area contributed by atoms with Crippen LogP contribution in [-0.4, -0.2) is 25.2 Å². The van der Waals surface area contributed by atoms with Gasteiger partial charge in [0.2, 0.25) is 0 Å². The second-order valence-electron chi connectivity index (χ2n) is 4.18. The van der Waals surface area contributed by atoms with Gasteiger partial charge in [-0.15, -0.1) is 11.3 Å². The van der Waals surface area contributed by atoms with E-state index in [2.05, 4.69) is 10.3 Å². The number of benzene rings is 1. The van der Waals surface area contributed by atoms with E-state index in [4.69, 9.17) is 21.1 Å². The Morgan fingerprint density at radius 3 is 2.86 bits per heavy atom. The summed E-state index contributed by atoms with van der Waals surface area (Å²) in [4.78, 5) is 16.5. The highest BCUT2D eigenvalue weighted by atomic mass is 35.5. The highest BCUT2D eigenvalue weighted by Gasteiger charge is 2.13. The van der Waals surface area contributed by atoms with Crippen LogP contribution in [0.4, 0.5) is 5.69 Å². The zero-order valence-electron chi connectivity index (χ0n) is 11.7. The number of methoxy groups -OCH3 is 2. The van der Waals surface area contributed by atoms with E-state index in [1.54, 1.807) is 13.3 Å². The Morgan fingerprint density at radius 2 is 2.24 bits per heavy atom. The first-order valence-corrected chi connectivity index (χ1v) is 7.40. The zero-order valence-corrected chi connectivity index (χ0v) is 13.3. The Morgan fingerprint density at radius 1 is 1.43 bits per heavy atom. The van der Waals surface area contributed by atoms with Gasteiger partial charge in [-0.1, -0.05) is 23.7 Å². The van der Waals surface area contributed by atoms with Crippen LogP contribution in [0, 0.1) is 0 Å². The van der Waals surface area contributed by atoms with Gasteiger partial charge in [-0.25, -0.2) is 4.98 Å². The first-order chi connectivity index (χ1) is 10.1. The Balaban J connectivity index is 2.20. The van der Waals surface area contributed by atoms with Gasteiger partial charge in [0.15, 0.2) is 4.47 Å². The lowest BCUT2D eigenvalue weighted by molar-refractivity contribution is -0.139. The van der Waals surface area contributed by atoms with Gasteiger partial charge in [-0.2, -0.15) is 0 Å². The van der Waals surface area contributed by atoms with Crippen LogP contribution in [0.15, 0.2) is 24.4 Å². The van der Waals surface area contributed by atoms with E-state index in [1.807, 2.05) is 18.2 Å². The van der Waals surface area contributed by atoms with E-state index in [9.17, 15) is 4.79 Å². The third-order valence-corrected chi connectivity index (χ3v) is 3.97. The molecular weight excluding hydrogens is 312 g/mol. The molecule has 1 aromatic heterocycles. The van der Waals surface area contributed by atoms with Crippen LogP contribution in [0.3, 0.4) is 0 Å². The summed E-state index contributed by atoms with van der Waals surface area (Å²) in [5, 5.41) is 3.27. The molecule has 1 N–H and O–H groups in total. The standard InChI is InChI=1S/C14H15ClN2O3S/c1-19-11-5-3-4-9(6-12(18)20-2)13(11)16-7-10-8-17-14(15)21-10/h3-5,8,16H,6-7H2,1-2H3. The number of esters is 1. The number of nitrogens with zero attached hydrogens (tertiary/aromatic N) is 1. The molecular formula is C14H15ClN2O3S. The molecule has 0 aliphatic rings. The maximum absolute atomic E-state index is 11.5. The minimum Gasteiger partial charge on any atom is -0.495 e. The van der Waals surface area contributed by atoms with Crippen LogP contribution in [0.5, 0.6) is 5.75 Å². The molecule has 0 fully saturated rings. The number of rotatable bonds is 6. The number of anilines is 1. The second-order valence-corrected chi connectivity index (χ2v) is 5.88. The number of thiazole rings is 1. The predicted octanol–water partition coefficient (Wildman–Crippen LogP) is 3.13. The predicted molar refractivity (Wildman–Crippen MR) is 83.2 cm³/mol. The van der Waals surface area contributed by atoms with Gasteiger partial charge >= 0.3 is 5.97 Å². The van der Waals surface area contributed by atoms with Crippen LogP contribution in [0.1, 0.15) is 10.4 Å². The topological polar surface area (TPSA) is 60.5 Å². The maximum Gasteiger partial charge on any atom is 0.310 e. The molecule has 7 heteroatoms. The number of hydrogen-bond donors (Lipinski definition) is 1. The van der Waals surface area contributed by atoms with E-state index in [0.29, 0.717) is 16.8 Å². The molecule has 5 nitrogen and oxygen atoms in total. The molecule has 0 spiro atoms. The molecule has 0 aliphatic carbocycles. The van der Waals surface area contributed by atoms with Gasteiger partial charge in [0.25, 0.3) is 0 Å². The molecule has 0 unspecified atom stereocenters. The molecule has 0 amide bonds. The number of ether oxygens (including phenoxy) is 2. The number of carbonyl (C=O) groups excluding carboxylic acids is 1. The van der Waals surface area contributed by atoms with E-state index < -0.39 is 0 Å². The molecule has 0 bridgehead atoms. The Labute approximate surface area is 131 Å². The number of para-hydroxylation sites is 1. The number of halogens is 1. The highest BCUT2D eigenvalue weighted by Crippen LogP contribution is 2.30. The van der Waals surface area contributed by atoms with Gasteiger partial charge in [0.1, 0.15) is 5.75 Å². The zero-order chi connectivity index (χ0) is 15.2. The van der Waals surface area contributed by atoms with E-state index in [0.717, 1.165) is 16.1 Å². The van der Waals surface area contributed by atoms with Crippen molar-refractivity contribution in [3.63, 3.8) is 0 Å². The lowest BCUT2D eigenvalue weighted by atomic mass is 10.1. The molecule has 1 aromatic carbocycles. The van der Waals surface area contributed by atoms with Crippen LogP contribution in [-0.2, 0) is 22.5 Å². The molecule has 0 radical (unpaired) electrons. The highest BCUT2D eigenvalue weighted by molar-refractivity contribution is 7.15. The number of aromatic nitrogens is 1. The summed E-state index contributed by atoms with van der Waals surface area (Å²) in [6.07, 6.45) is 1.90. The Bertz CT molecular complexity index is 630. The average Bonchev–Trinajstić information content (AvgIpc) is 2.91. The summed E-state index contributed by atoms with van der Waals surface area (Å²) >= 11 is 7.22. The molecule has 21 heavy (non-hydrogen) atoms. The van der Waals surface area contributed by atoms with Crippen LogP contribution < -0.4 is 10.1 Å². The number of carbonyl (C=O) groups is 1. The smallest absolute Gasteiger partial charge is 0.310 e. The maximum atomic E-state index is 11.5. The summed E-state index contributed by atoms with van der Waals surface area (Å²) < 4.78 is 10.6. The first kappa shape index (κ1) is 15.6. The second kappa shape index (κ2) is 7.28. The van der Waals surface area contributed by atoms with Gasteiger partial charge < -0.3 is 14.8 Å². The van der Waals surface area contributed by atoms with Crippen molar-refractivity contribution in [2.45, 2.75) is 13.0 Å². The molecule has 112 valence electrons. The normalized spacial score (nSPS) is 10.2. The fourth-order valence-corrected chi connectivity index (χ4v) is 2.78. The first-order valence-electron chi connectivity index (χ1n) is 6.20. The summed E-state index contributed by atoms with van der Waals surface area (Å²) in [6, 6.07) is 5.54. The SMILES string of the molecule is COC(=O)Cc1cccc(OC)c1NCc1cnc(Cl)s1. The van der Waals surface area contributed by atoms with Gasteiger partial charge in [0.05, 0.1) is 32.9 Å². The number of hydrogen-bond acceptors (Lipinski definition) is 6. The van der Waals surface area contributed by atoms with Crippen LogP contribution in [0.25, 0.3) is 0 Å². The van der Waals surface area contributed by atoms with Crippen molar-refractivity contribution >= 4 is 34.6 Å². The monoisotopic (exact) mass is 326 g/mol. The third kappa shape index (κ3) is 4.09. The van der Waals surface area contributed by atoms with Crippen molar-refractivity contribution in [3.8, 4) is 5.75 Å². The summed E-state index contributed by atoms with van der Waals surface area (Å²) in [7, 11) is 2.96. The fourth-order valence-electron chi connectivity index (χ4n) is 1.86. The fraction of sp³-hybridized carbons (Fsp3) is 0.286. The van der Waals surface area contributed by atoms with E-state index >= 15 is 0 Å². The number of nitrogens with one attached hydrogen (secondary N) is 1. The Hall–Kier alpha value is -1.79. The van der Waals surface area contributed by atoms with Crippen LogP contribution >= 0.6 is 22.9 Å². The van der Waals surface area contributed by atoms with E-state index in [1.165, 1.54) is 18.4 Å². The van der Waals surface area contributed by atoms with Crippen molar-refractivity contribution in [3.05, 3.63) is 39.3 Å². The van der Waals surface area contributed by atoms with Crippen LogP contribution in [0.2, 0.25) is 4.47 Å². The molecule has 0 aliphatic heterocycles. The summed E-state index contributed by atoms with van der Waals surface area (Å²) in [5.41, 5.74) is 1.59. The molecule has 0 saturated heterocycles. The average molecular weight is 327 g/mol. The minimum atomic E-state index is -0.299. The van der Waals surface area contributed by atoms with Crippen molar-refractivity contribution in [2.75, 3.05) is 19.5 Å². The van der Waals surface area contributed by atoms with Gasteiger partial charge in [0, 0.05) is 11.1 Å². The molecule has 2 rings (SSSR count). The third-order valence-electron chi connectivity index (χ3n) is 2.86.